The first-order chi connectivity index (χ1) is 28.6. The number of fused-ring (bicyclic) bond motifs is 1. The molecule has 1 aliphatic rings. The van der Waals surface area contributed by atoms with Crippen LogP contribution in [0.4, 0.5) is 16.3 Å². The van der Waals surface area contributed by atoms with Crippen LogP contribution in [0.3, 0.4) is 0 Å². The molecule has 3 heterocycles. The number of hydrogen-bond acceptors (Lipinski definition) is 15. The minimum Gasteiger partial charge on any atom is -0.484 e. The van der Waals surface area contributed by atoms with E-state index in [4.69, 9.17) is 28.0 Å². The molecule has 1 N–H and O–H groups in total. The highest BCUT2D eigenvalue weighted by atomic mass is 31.2. The van der Waals surface area contributed by atoms with Crippen molar-refractivity contribution >= 4 is 43.3 Å². The Morgan fingerprint density at radius 2 is 1.78 bits per heavy atom. The Morgan fingerprint density at radius 1 is 1.07 bits per heavy atom. The van der Waals surface area contributed by atoms with E-state index in [2.05, 4.69) is 51.8 Å². The van der Waals surface area contributed by atoms with Crippen molar-refractivity contribution in [3.63, 3.8) is 0 Å². The smallest absolute Gasteiger partial charge is 0.484 e. The number of carbonyl (C=O) groups is 2. The maximum absolute atomic E-state index is 13.0. The standard InChI is InChI=1S/C41H53N8O10P/c1-26(2)48(27(3)4)60(57-19-11-18-42)59-33-20-36(58-34(33)22-56-40(51)55-21-28(5)31-12-9-10-13-32(31)49(52)53)47-25-45-37-38(43-24-44-39(37)47)46-35(50)23-54-30-16-14-29(15-17-30)41(6,7)8/h9-10,12-17,24-28,33-34,36H,11,19-23H2,1-8H3,(H,43,44,46,50)/t28-,33+,34-,36-,60?/m1/s1. The van der Waals surface area contributed by atoms with Gasteiger partial charge in [-0.3, -0.25) is 19.5 Å². The summed E-state index contributed by atoms with van der Waals surface area (Å²) in [5.74, 6) is -0.203. The minimum atomic E-state index is -1.72. The third-order valence-corrected chi connectivity index (χ3v) is 11.7. The van der Waals surface area contributed by atoms with E-state index in [1.54, 1.807) is 29.7 Å². The summed E-state index contributed by atoms with van der Waals surface area (Å²) in [5, 5.41) is 23.5. The van der Waals surface area contributed by atoms with E-state index in [0.29, 0.717) is 22.5 Å². The lowest BCUT2D eigenvalue weighted by molar-refractivity contribution is -0.385. The van der Waals surface area contributed by atoms with Crippen LogP contribution in [0.1, 0.15) is 91.5 Å². The summed E-state index contributed by atoms with van der Waals surface area (Å²) < 4.78 is 39.8. The van der Waals surface area contributed by atoms with Crippen LogP contribution in [0.5, 0.6) is 5.75 Å². The van der Waals surface area contributed by atoms with Crippen LogP contribution in [0, 0.1) is 21.4 Å². The van der Waals surface area contributed by atoms with Crippen molar-refractivity contribution in [2.45, 2.75) is 110 Å². The quantitative estimate of drug-likeness (QED) is 0.0311. The van der Waals surface area contributed by atoms with Gasteiger partial charge in [0.2, 0.25) is 0 Å². The molecule has 0 radical (unpaired) electrons. The van der Waals surface area contributed by atoms with Crippen molar-refractivity contribution in [3.05, 3.63) is 82.4 Å². The van der Waals surface area contributed by atoms with Crippen LogP contribution in [-0.4, -0.2) is 91.9 Å². The molecular weight excluding hydrogens is 795 g/mol. The van der Waals surface area contributed by atoms with E-state index < -0.39 is 49.9 Å². The first kappa shape index (κ1) is 45.8. The molecule has 1 amide bonds. The number of nitro groups is 1. The Kier molecular flexibility index (Phi) is 15.9. The number of nitro benzene ring substituents is 1. The number of nitrogens with zero attached hydrogens (tertiary/aromatic N) is 7. The van der Waals surface area contributed by atoms with Crippen LogP contribution in [0.2, 0.25) is 0 Å². The van der Waals surface area contributed by atoms with Gasteiger partial charge in [0.25, 0.3) is 20.1 Å². The Hall–Kier alpha value is -5.31. The summed E-state index contributed by atoms with van der Waals surface area (Å²) >= 11 is 0. The molecule has 0 aliphatic carbocycles. The molecule has 0 spiro atoms. The summed E-state index contributed by atoms with van der Waals surface area (Å²) in [7, 11) is -1.72. The minimum absolute atomic E-state index is 0.0192. The number of ether oxygens (including phenoxy) is 4. The second-order valence-corrected chi connectivity index (χ2v) is 17.2. The maximum atomic E-state index is 13.0. The van der Waals surface area contributed by atoms with Crippen LogP contribution >= 0.6 is 8.53 Å². The first-order valence-corrected chi connectivity index (χ1v) is 20.8. The van der Waals surface area contributed by atoms with E-state index in [1.807, 2.05) is 52.0 Å². The maximum Gasteiger partial charge on any atom is 0.508 e. The van der Waals surface area contributed by atoms with E-state index in [9.17, 15) is 25.0 Å². The number of aromatic nitrogens is 4. The molecule has 0 saturated carbocycles. The molecule has 19 heteroatoms. The molecule has 18 nitrogen and oxygen atoms in total. The number of anilines is 1. The molecule has 0 bridgehead atoms. The van der Waals surface area contributed by atoms with E-state index >= 15 is 0 Å². The fourth-order valence-electron chi connectivity index (χ4n) is 6.61. The van der Waals surface area contributed by atoms with Gasteiger partial charge in [-0.25, -0.2) is 24.4 Å². The largest absolute Gasteiger partial charge is 0.508 e. The predicted octanol–water partition coefficient (Wildman–Crippen LogP) is 7.96. The number of amides is 1. The van der Waals surface area contributed by atoms with Gasteiger partial charge >= 0.3 is 6.16 Å². The highest BCUT2D eigenvalue weighted by Crippen LogP contribution is 2.50. The number of imidazole rings is 1. The molecule has 4 aromatic rings. The SMILES string of the molecule is CC(C)N(C(C)C)P(OCCC#N)O[C@H]1C[C@H](n2cnc3c(NC(=O)COc4ccc(C(C)(C)C)cc4)ncnc32)O[C@@H]1COC(=O)OC[C@@H](C)c1ccccc1[N+](=O)[O-]. The van der Waals surface area contributed by atoms with E-state index in [-0.39, 0.29) is 68.3 Å². The van der Waals surface area contributed by atoms with Gasteiger partial charge in [-0.05, 0) is 50.8 Å². The molecule has 1 saturated heterocycles. The third-order valence-electron chi connectivity index (χ3n) is 9.57. The van der Waals surface area contributed by atoms with Gasteiger partial charge in [0.15, 0.2) is 23.6 Å². The molecule has 2 aromatic heterocycles. The average Bonchev–Trinajstić information content (AvgIpc) is 3.82. The summed E-state index contributed by atoms with van der Waals surface area (Å²) in [4.78, 5) is 50.2. The van der Waals surface area contributed by atoms with Crippen LogP contribution in [0.25, 0.3) is 11.2 Å². The zero-order valence-electron chi connectivity index (χ0n) is 35.1. The third kappa shape index (κ3) is 11.9. The van der Waals surface area contributed by atoms with E-state index in [0.717, 1.165) is 5.56 Å². The molecule has 322 valence electrons. The van der Waals surface area contributed by atoms with Gasteiger partial charge in [0.1, 0.15) is 37.6 Å². The van der Waals surface area contributed by atoms with Crippen molar-refractivity contribution in [2.75, 3.05) is 31.7 Å². The zero-order valence-corrected chi connectivity index (χ0v) is 36.0. The molecule has 1 aliphatic heterocycles. The molecule has 1 unspecified atom stereocenters. The zero-order chi connectivity index (χ0) is 43.6. The van der Waals surface area contributed by atoms with Gasteiger partial charge in [-0.15, -0.1) is 0 Å². The number of rotatable bonds is 19. The van der Waals surface area contributed by atoms with Crippen molar-refractivity contribution in [1.29, 1.82) is 5.26 Å². The highest BCUT2D eigenvalue weighted by Gasteiger charge is 2.42. The second-order valence-electron chi connectivity index (χ2n) is 15.8. The fraction of sp³-hybridized carbons (Fsp3) is 0.512. The predicted molar refractivity (Wildman–Crippen MR) is 222 cm³/mol. The summed E-state index contributed by atoms with van der Waals surface area (Å²) in [5.41, 5.74) is 2.15. The van der Waals surface area contributed by atoms with Gasteiger partial charge in [0, 0.05) is 36.1 Å². The topological polar surface area (TPSA) is 215 Å². The lowest BCUT2D eigenvalue weighted by atomic mass is 9.87. The summed E-state index contributed by atoms with van der Waals surface area (Å²) in [6.07, 6.45) is 0.0192. The lowest BCUT2D eigenvalue weighted by Crippen LogP contribution is -2.37. The number of nitrogens with one attached hydrogen (secondary N) is 1. The Bertz CT molecular complexity index is 2110. The molecule has 5 rings (SSSR count). The van der Waals surface area contributed by atoms with E-state index in [1.165, 1.54) is 18.7 Å². The summed E-state index contributed by atoms with van der Waals surface area (Å²) in [6, 6.07) is 16.0. The van der Waals surface area contributed by atoms with Crippen LogP contribution in [0.15, 0.2) is 61.2 Å². The fourth-order valence-corrected chi connectivity index (χ4v) is 8.37. The molecular formula is C41H53N8O10P. The lowest BCUT2D eigenvalue weighted by Gasteiger charge is -2.37. The van der Waals surface area contributed by atoms with Crippen molar-refractivity contribution in [1.82, 2.24) is 24.2 Å². The molecule has 1 fully saturated rings. The van der Waals surface area contributed by atoms with Crippen molar-refractivity contribution in [3.8, 4) is 11.8 Å². The number of nitriles is 1. The Balaban J connectivity index is 1.31. The molecule has 5 atom stereocenters. The van der Waals surface area contributed by atoms with Crippen molar-refractivity contribution < 1.29 is 42.5 Å². The van der Waals surface area contributed by atoms with Crippen LogP contribution < -0.4 is 10.1 Å². The average molecular weight is 849 g/mol. The Labute approximate surface area is 350 Å². The number of para-hydroxylation sites is 1. The normalized spacial score (nSPS) is 17.7. The number of benzene rings is 2. The van der Waals surface area contributed by atoms with Gasteiger partial charge < -0.3 is 33.3 Å². The van der Waals surface area contributed by atoms with Crippen LogP contribution in [-0.2, 0) is 33.5 Å². The number of carbonyl (C=O) groups excluding carboxylic acids is 2. The monoisotopic (exact) mass is 848 g/mol. The van der Waals surface area contributed by atoms with Gasteiger partial charge in [0.05, 0.1) is 36.5 Å². The molecule has 2 aromatic carbocycles. The van der Waals surface area contributed by atoms with Gasteiger partial charge in [-0.1, -0.05) is 58.0 Å². The number of hydrogen-bond donors (Lipinski definition) is 1. The van der Waals surface area contributed by atoms with Gasteiger partial charge in [-0.2, -0.15) is 5.26 Å². The second kappa shape index (κ2) is 20.8. The summed E-state index contributed by atoms with van der Waals surface area (Å²) in [6.45, 7) is 15.6. The first-order valence-electron chi connectivity index (χ1n) is 19.7. The van der Waals surface area contributed by atoms with Crippen molar-refractivity contribution in [2.24, 2.45) is 0 Å². The molecule has 60 heavy (non-hydrogen) atoms. The Morgan fingerprint density at radius 3 is 2.45 bits per heavy atom. The highest BCUT2D eigenvalue weighted by molar-refractivity contribution is 7.44.